The summed E-state index contributed by atoms with van der Waals surface area (Å²) in [6.45, 7) is 5.76. The zero-order chi connectivity index (χ0) is 15.1. The van der Waals surface area contributed by atoms with E-state index < -0.39 is 0 Å². The van der Waals surface area contributed by atoms with Crippen molar-refractivity contribution in [3.63, 3.8) is 0 Å². The summed E-state index contributed by atoms with van der Waals surface area (Å²) in [5.74, 6) is 0. The predicted octanol–water partition coefficient (Wildman–Crippen LogP) is 3.13. The number of benzene rings is 1. The second kappa shape index (κ2) is 5.72. The highest BCUT2D eigenvalue weighted by Gasteiger charge is 2.27. The quantitative estimate of drug-likeness (QED) is 0.921. The molecule has 2 saturated heterocycles. The fraction of sp³-hybridized carbons (Fsp3) is 0.562. The number of ether oxygens (including phenoxy) is 1. The van der Waals surface area contributed by atoms with Gasteiger partial charge in [0.1, 0.15) is 5.52 Å². The second-order valence-corrected chi connectivity index (χ2v) is 6.52. The largest absolute Gasteiger partial charge is 0.423 e. The Kier molecular flexibility index (Phi) is 3.72. The van der Waals surface area contributed by atoms with Crippen molar-refractivity contribution in [1.29, 1.82) is 0 Å². The molecule has 6 heteroatoms. The van der Waals surface area contributed by atoms with Crippen molar-refractivity contribution < 1.29 is 9.15 Å². The predicted molar refractivity (Wildman–Crippen MR) is 86.6 cm³/mol. The second-order valence-electron chi connectivity index (χ2n) is 6.09. The number of nitrogens with zero attached hydrogens (tertiary/aromatic N) is 2. The molecule has 0 amide bonds. The standard InChI is InChI=1S/C16H20ClN3O2/c1-10-9-18-4-5-20(10)16-19-13-8-11(17)7-12(15(13)22-16)14-3-2-6-21-14/h7-8,10,14,18H,2-6,9H2,1H3/t10-,14-/m0/s1. The number of piperazine rings is 1. The summed E-state index contributed by atoms with van der Waals surface area (Å²) in [6, 6.07) is 4.87. The molecule has 2 fully saturated rings. The highest BCUT2D eigenvalue weighted by Crippen LogP contribution is 2.37. The molecule has 0 saturated carbocycles. The van der Waals surface area contributed by atoms with Crippen LogP contribution in [0, 0.1) is 0 Å². The molecule has 5 nitrogen and oxygen atoms in total. The minimum atomic E-state index is 0.0717. The number of anilines is 1. The molecule has 2 aliphatic heterocycles. The van der Waals surface area contributed by atoms with Gasteiger partial charge in [-0.15, -0.1) is 0 Å². The summed E-state index contributed by atoms with van der Waals surface area (Å²) in [7, 11) is 0. The first-order valence-corrected chi connectivity index (χ1v) is 8.29. The first-order valence-electron chi connectivity index (χ1n) is 7.91. The number of hydrogen-bond donors (Lipinski definition) is 1. The van der Waals surface area contributed by atoms with E-state index in [1.165, 1.54) is 0 Å². The first kappa shape index (κ1) is 14.3. The highest BCUT2D eigenvalue weighted by atomic mass is 35.5. The van der Waals surface area contributed by atoms with E-state index in [0.29, 0.717) is 17.1 Å². The molecule has 0 bridgehead atoms. The maximum Gasteiger partial charge on any atom is 0.298 e. The molecule has 2 aromatic rings. The van der Waals surface area contributed by atoms with Gasteiger partial charge in [0.2, 0.25) is 0 Å². The van der Waals surface area contributed by atoms with E-state index in [1.54, 1.807) is 0 Å². The Morgan fingerprint density at radius 3 is 3.09 bits per heavy atom. The third-order valence-electron chi connectivity index (χ3n) is 4.50. The van der Waals surface area contributed by atoms with E-state index in [2.05, 4.69) is 22.1 Å². The van der Waals surface area contributed by atoms with E-state index in [0.717, 1.165) is 55.7 Å². The minimum Gasteiger partial charge on any atom is -0.423 e. The number of aromatic nitrogens is 1. The fourth-order valence-electron chi connectivity index (χ4n) is 3.32. The van der Waals surface area contributed by atoms with Crippen molar-refractivity contribution in [3.8, 4) is 0 Å². The van der Waals surface area contributed by atoms with Crippen molar-refractivity contribution in [3.05, 3.63) is 22.7 Å². The van der Waals surface area contributed by atoms with E-state index >= 15 is 0 Å². The molecule has 1 N–H and O–H groups in total. The third-order valence-corrected chi connectivity index (χ3v) is 4.71. The average Bonchev–Trinajstić information content (AvgIpc) is 3.15. The molecule has 2 atom stereocenters. The van der Waals surface area contributed by atoms with Gasteiger partial charge in [0, 0.05) is 42.9 Å². The Balaban J connectivity index is 1.77. The normalized spacial score (nSPS) is 26.0. The molecule has 2 aliphatic rings. The van der Waals surface area contributed by atoms with Crippen LogP contribution in [0.25, 0.3) is 11.1 Å². The molecule has 4 rings (SSSR count). The lowest BCUT2D eigenvalue weighted by Gasteiger charge is -2.32. The van der Waals surface area contributed by atoms with Crippen molar-refractivity contribution in [2.75, 3.05) is 31.1 Å². The topological polar surface area (TPSA) is 50.5 Å². The smallest absolute Gasteiger partial charge is 0.298 e. The fourth-order valence-corrected chi connectivity index (χ4v) is 3.54. The lowest BCUT2D eigenvalue weighted by Crippen LogP contribution is -2.50. The Morgan fingerprint density at radius 2 is 2.32 bits per heavy atom. The summed E-state index contributed by atoms with van der Waals surface area (Å²) >= 11 is 6.27. The number of hydrogen-bond acceptors (Lipinski definition) is 5. The van der Waals surface area contributed by atoms with Gasteiger partial charge in [0.15, 0.2) is 5.58 Å². The zero-order valence-electron chi connectivity index (χ0n) is 12.6. The van der Waals surface area contributed by atoms with Crippen molar-refractivity contribution >= 4 is 28.7 Å². The van der Waals surface area contributed by atoms with Crippen LogP contribution in [0.15, 0.2) is 16.5 Å². The summed E-state index contributed by atoms with van der Waals surface area (Å²) in [6.07, 6.45) is 2.16. The molecule has 3 heterocycles. The van der Waals surface area contributed by atoms with Crippen LogP contribution in [-0.4, -0.2) is 37.3 Å². The van der Waals surface area contributed by atoms with Gasteiger partial charge in [0.25, 0.3) is 6.01 Å². The molecule has 1 aromatic carbocycles. The molecule has 0 aliphatic carbocycles. The van der Waals surface area contributed by atoms with E-state index in [4.69, 9.17) is 20.8 Å². The number of nitrogens with one attached hydrogen (secondary N) is 1. The Labute approximate surface area is 134 Å². The zero-order valence-corrected chi connectivity index (χ0v) is 13.4. The van der Waals surface area contributed by atoms with Gasteiger partial charge in [-0.1, -0.05) is 11.6 Å². The average molecular weight is 322 g/mol. The van der Waals surface area contributed by atoms with E-state index in [-0.39, 0.29) is 6.10 Å². The highest BCUT2D eigenvalue weighted by molar-refractivity contribution is 6.31. The van der Waals surface area contributed by atoms with E-state index in [9.17, 15) is 0 Å². The Hall–Kier alpha value is -1.30. The number of rotatable bonds is 2. The van der Waals surface area contributed by atoms with E-state index in [1.807, 2.05) is 12.1 Å². The SMILES string of the molecule is C[C@H]1CNCCN1c1nc2cc(Cl)cc([C@@H]3CCCO3)c2o1. The van der Waals surface area contributed by atoms with Crippen LogP contribution in [0.1, 0.15) is 31.4 Å². The van der Waals surface area contributed by atoms with Crippen molar-refractivity contribution in [1.82, 2.24) is 10.3 Å². The first-order chi connectivity index (χ1) is 10.7. The summed E-state index contributed by atoms with van der Waals surface area (Å²) < 4.78 is 11.9. The summed E-state index contributed by atoms with van der Waals surface area (Å²) in [5.41, 5.74) is 2.66. The maximum atomic E-state index is 6.27. The van der Waals surface area contributed by atoms with Crippen molar-refractivity contribution in [2.24, 2.45) is 0 Å². The van der Waals surface area contributed by atoms with Crippen LogP contribution in [0.2, 0.25) is 5.02 Å². The Morgan fingerprint density at radius 1 is 1.41 bits per heavy atom. The third kappa shape index (κ3) is 2.47. The Bertz CT molecular complexity index is 681. The van der Waals surface area contributed by atoms with Gasteiger partial charge in [-0.05, 0) is 31.9 Å². The molecule has 0 spiro atoms. The van der Waals surface area contributed by atoms with Crippen LogP contribution in [-0.2, 0) is 4.74 Å². The molecule has 22 heavy (non-hydrogen) atoms. The molecular formula is C16H20ClN3O2. The molecule has 1 aromatic heterocycles. The monoisotopic (exact) mass is 321 g/mol. The van der Waals surface area contributed by atoms with Crippen LogP contribution in [0.5, 0.6) is 0 Å². The van der Waals surface area contributed by atoms with Crippen LogP contribution < -0.4 is 10.2 Å². The summed E-state index contributed by atoms with van der Waals surface area (Å²) in [5, 5.41) is 4.07. The van der Waals surface area contributed by atoms with Crippen LogP contribution in [0.3, 0.4) is 0 Å². The van der Waals surface area contributed by atoms with Crippen LogP contribution in [0.4, 0.5) is 6.01 Å². The number of halogens is 1. The number of fused-ring (bicyclic) bond motifs is 1. The molecule has 0 radical (unpaired) electrons. The molecule has 118 valence electrons. The maximum absolute atomic E-state index is 6.27. The van der Waals surface area contributed by atoms with Gasteiger partial charge in [-0.3, -0.25) is 0 Å². The molecule has 0 unspecified atom stereocenters. The van der Waals surface area contributed by atoms with Gasteiger partial charge in [0.05, 0.1) is 6.10 Å². The lowest BCUT2D eigenvalue weighted by molar-refractivity contribution is 0.112. The minimum absolute atomic E-state index is 0.0717. The van der Waals surface area contributed by atoms with Gasteiger partial charge in [-0.25, -0.2) is 0 Å². The van der Waals surface area contributed by atoms with Crippen LogP contribution >= 0.6 is 11.6 Å². The van der Waals surface area contributed by atoms with Gasteiger partial charge < -0.3 is 19.4 Å². The van der Waals surface area contributed by atoms with Crippen molar-refractivity contribution in [2.45, 2.75) is 31.9 Å². The van der Waals surface area contributed by atoms with Gasteiger partial charge >= 0.3 is 0 Å². The lowest BCUT2D eigenvalue weighted by atomic mass is 10.1. The summed E-state index contributed by atoms with van der Waals surface area (Å²) in [4.78, 5) is 6.88. The van der Waals surface area contributed by atoms with Gasteiger partial charge in [-0.2, -0.15) is 4.98 Å². The molecular weight excluding hydrogens is 302 g/mol. The number of oxazole rings is 1.